The van der Waals surface area contributed by atoms with Crippen LogP contribution in [0.15, 0.2) is 41.4 Å². The summed E-state index contributed by atoms with van der Waals surface area (Å²) >= 11 is 6.19. The Kier molecular flexibility index (Phi) is 4.77. The van der Waals surface area contributed by atoms with Gasteiger partial charge in [0.15, 0.2) is 0 Å². The summed E-state index contributed by atoms with van der Waals surface area (Å²) in [5.41, 5.74) is 0.664. The molecule has 4 rings (SSSR count). The molecule has 1 aromatic carbocycles. The molecule has 1 aromatic heterocycles. The number of nitrogens with zero attached hydrogens (tertiary/aromatic N) is 2. The van der Waals surface area contributed by atoms with Crippen LogP contribution in [0.4, 0.5) is 5.82 Å². The van der Waals surface area contributed by atoms with Crippen LogP contribution in [0.5, 0.6) is 0 Å². The second kappa shape index (κ2) is 6.70. The molecule has 0 bridgehead atoms. The molecule has 9 heteroatoms. The van der Waals surface area contributed by atoms with Crippen LogP contribution in [0.1, 0.15) is 44.6 Å². The Morgan fingerprint density at radius 1 is 1.14 bits per heavy atom. The molecule has 1 fully saturated rings. The number of hydrogen-bond acceptors (Lipinski definition) is 5. The van der Waals surface area contributed by atoms with E-state index in [1.54, 1.807) is 30.3 Å². The third-order valence-corrected chi connectivity index (χ3v) is 8.05. The van der Waals surface area contributed by atoms with Crippen molar-refractivity contribution in [1.82, 2.24) is 4.98 Å². The van der Waals surface area contributed by atoms with E-state index in [2.05, 4.69) is 4.98 Å². The first-order chi connectivity index (χ1) is 13.4. The molecule has 29 heavy (non-hydrogen) atoms. The van der Waals surface area contributed by atoms with E-state index in [9.17, 15) is 8.42 Å². The van der Waals surface area contributed by atoms with E-state index in [-0.39, 0.29) is 17.3 Å². The number of sulfonamides is 1. The molecule has 0 saturated carbocycles. The first-order valence-corrected chi connectivity index (χ1v) is 11.3. The predicted octanol–water partition coefficient (Wildman–Crippen LogP) is 3.97. The summed E-state index contributed by atoms with van der Waals surface area (Å²) in [6, 6.07) is 8.55. The SMILES string of the molecule is Cc1ccc(S(=O)(=O)N2CC(B3OC(C)(C)C(C)(C)O3)c3cc(Cl)cnc32)cc1. The molecule has 0 radical (unpaired) electrons. The lowest BCUT2D eigenvalue weighted by Crippen LogP contribution is -2.41. The van der Waals surface area contributed by atoms with E-state index >= 15 is 0 Å². The van der Waals surface area contributed by atoms with Gasteiger partial charge in [-0.15, -0.1) is 0 Å². The molecule has 1 unspecified atom stereocenters. The lowest BCUT2D eigenvalue weighted by atomic mass is 9.69. The van der Waals surface area contributed by atoms with Gasteiger partial charge >= 0.3 is 7.12 Å². The van der Waals surface area contributed by atoms with Crippen LogP contribution in [-0.4, -0.2) is 38.3 Å². The zero-order chi connectivity index (χ0) is 21.2. The van der Waals surface area contributed by atoms with Gasteiger partial charge < -0.3 is 9.31 Å². The normalized spacial score (nSPS) is 22.8. The zero-order valence-corrected chi connectivity index (χ0v) is 18.7. The van der Waals surface area contributed by atoms with E-state index in [1.165, 1.54) is 10.5 Å². The van der Waals surface area contributed by atoms with Gasteiger partial charge in [0.1, 0.15) is 5.82 Å². The van der Waals surface area contributed by atoms with Crippen molar-refractivity contribution in [3.05, 3.63) is 52.7 Å². The summed E-state index contributed by atoms with van der Waals surface area (Å²) in [4.78, 5) is 4.57. The van der Waals surface area contributed by atoms with Crippen molar-refractivity contribution < 1.29 is 17.7 Å². The Balaban J connectivity index is 1.75. The average molecular weight is 435 g/mol. The molecule has 154 valence electrons. The number of hydrogen-bond donors (Lipinski definition) is 0. The van der Waals surface area contributed by atoms with Crippen molar-refractivity contribution in [3.63, 3.8) is 0 Å². The maximum absolute atomic E-state index is 13.4. The van der Waals surface area contributed by atoms with Crippen LogP contribution < -0.4 is 4.31 Å². The molecule has 0 amide bonds. The molecular weight excluding hydrogens is 411 g/mol. The molecule has 0 N–H and O–H groups in total. The molecule has 0 aliphatic carbocycles. The highest BCUT2D eigenvalue weighted by molar-refractivity contribution is 7.92. The molecule has 2 aromatic rings. The molecule has 3 heterocycles. The van der Waals surface area contributed by atoms with Crippen LogP contribution in [0.3, 0.4) is 0 Å². The van der Waals surface area contributed by atoms with Crippen molar-refractivity contribution in [2.24, 2.45) is 0 Å². The maximum atomic E-state index is 13.4. The Morgan fingerprint density at radius 3 is 2.31 bits per heavy atom. The summed E-state index contributed by atoms with van der Waals surface area (Å²) in [7, 11) is -4.38. The van der Waals surface area contributed by atoms with Crippen molar-refractivity contribution in [1.29, 1.82) is 0 Å². The minimum atomic E-state index is -3.79. The topological polar surface area (TPSA) is 68.7 Å². The summed E-state index contributed by atoms with van der Waals surface area (Å²) in [6.07, 6.45) is 1.46. The second-order valence-electron chi connectivity index (χ2n) is 8.65. The van der Waals surface area contributed by atoms with Gasteiger partial charge in [0, 0.05) is 24.1 Å². The Hall–Kier alpha value is -1.61. The highest BCUT2D eigenvalue weighted by Gasteiger charge is 2.56. The number of pyridine rings is 1. The number of halogens is 1. The van der Waals surface area contributed by atoms with E-state index in [1.807, 2.05) is 34.6 Å². The second-order valence-corrected chi connectivity index (χ2v) is 10.9. The monoisotopic (exact) mass is 434 g/mol. The summed E-state index contributed by atoms with van der Waals surface area (Å²) < 4.78 is 40.5. The Morgan fingerprint density at radius 2 is 1.72 bits per heavy atom. The molecular formula is C20H24BClN2O4S. The highest BCUT2D eigenvalue weighted by Crippen LogP contribution is 2.46. The minimum absolute atomic E-state index is 0.176. The van der Waals surface area contributed by atoms with E-state index in [4.69, 9.17) is 20.9 Å². The van der Waals surface area contributed by atoms with Gasteiger partial charge in [-0.05, 0) is 52.8 Å². The van der Waals surface area contributed by atoms with E-state index < -0.39 is 28.3 Å². The van der Waals surface area contributed by atoms with Crippen molar-refractivity contribution in [2.45, 2.75) is 56.5 Å². The average Bonchev–Trinajstić information content (AvgIpc) is 3.09. The standard InChI is InChI=1S/C20H24BClN2O4S/c1-13-6-8-15(9-7-13)29(25,26)24-12-17(16-10-14(22)11-23-18(16)24)21-27-19(2,3)20(4,5)28-21/h6-11,17H,12H2,1-5H3. The highest BCUT2D eigenvalue weighted by atomic mass is 35.5. The van der Waals surface area contributed by atoms with E-state index in [0.717, 1.165) is 5.56 Å². The van der Waals surface area contributed by atoms with Crippen LogP contribution in [0.2, 0.25) is 5.02 Å². The molecule has 2 aliphatic rings. The molecule has 1 saturated heterocycles. The van der Waals surface area contributed by atoms with Gasteiger partial charge in [0.05, 0.1) is 21.1 Å². The largest absolute Gasteiger partial charge is 0.467 e. The first-order valence-electron chi connectivity index (χ1n) is 9.53. The first kappa shape index (κ1) is 20.7. The van der Waals surface area contributed by atoms with Crippen LogP contribution in [-0.2, 0) is 19.3 Å². The smallest absolute Gasteiger partial charge is 0.403 e. The van der Waals surface area contributed by atoms with E-state index in [0.29, 0.717) is 16.4 Å². The van der Waals surface area contributed by atoms with Gasteiger partial charge in [-0.25, -0.2) is 17.7 Å². The van der Waals surface area contributed by atoms with Gasteiger partial charge in [0.2, 0.25) is 0 Å². The van der Waals surface area contributed by atoms with Crippen LogP contribution in [0, 0.1) is 6.92 Å². The third kappa shape index (κ3) is 3.36. The summed E-state index contributed by atoms with van der Waals surface area (Å²) in [6.45, 7) is 9.98. The fourth-order valence-corrected chi connectivity index (χ4v) is 5.27. The number of aromatic nitrogens is 1. The maximum Gasteiger partial charge on any atom is 0.467 e. The number of benzene rings is 1. The van der Waals surface area contributed by atoms with Crippen LogP contribution >= 0.6 is 11.6 Å². The van der Waals surface area contributed by atoms with Gasteiger partial charge in [-0.2, -0.15) is 0 Å². The minimum Gasteiger partial charge on any atom is -0.403 e. The van der Waals surface area contributed by atoms with Crippen molar-refractivity contribution in [3.8, 4) is 0 Å². The fraction of sp³-hybridized carbons (Fsp3) is 0.450. The lowest BCUT2D eigenvalue weighted by molar-refractivity contribution is 0.00578. The number of anilines is 1. The number of fused-ring (bicyclic) bond motifs is 1. The van der Waals surface area contributed by atoms with Crippen molar-refractivity contribution >= 4 is 34.6 Å². The molecule has 1 atom stereocenters. The molecule has 2 aliphatic heterocycles. The Labute approximate surface area is 177 Å². The van der Waals surface area contributed by atoms with Gasteiger partial charge in [-0.3, -0.25) is 0 Å². The molecule has 6 nitrogen and oxygen atoms in total. The predicted molar refractivity (Wildman–Crippen MR) is 114 cm³/mol. The lowest BCUT2D eigenvalue weighted by Gasteiger charge is -2.32. The van der Waals surface area contributed by atoms with Crippen molar-refractivity contribution in [2.75, 3.05) is 10.8 Å². The summed E-state index contributed by atoms with van der Waals surface area (Å²) in [5, 5.41) is 0.444. The zero-order valence-electron chi connectivity index (χ0n) is 17.1. The quantitative estimate of drug-likeness (QED) is 0.684. The molecule has 0 spiro atoms. The van der Waals surface area contributed by atoms with Gasteiger partial charge in [-0.1, -0.05) is 29.3 Å². The van der Waals surface area contributed by atoms with Crippen LogP contribution in [0.25, 0.3) is 0 Å². The Bertz CT molecular complexity index is 1040. The number of aryl methyl sites for hydroxylation is 1. The summed E-state index contributed by atoms with van der Waals surface area (Å²) in [5.74, 6) is 0.0344. The number of rotatable bonds is 3. The fourth-order valence-electron chi connectivity index (χ4n) is 3.63. The van der Waals surface area contributed by atoms with Gasteiger partial charge in [0.25, 0.3) is 10.0 Å². The third-order valence-electron chi connectivity index (χ3n) is 6.07.